The van der Waals surface area contributed by atoms with Gasteiger partial charge in [0.15, 0.2) is 0 Å². The molecular formula is C14H13N5O2. The summed E-state index contributed by atoms with van der Waals surface area (Å²) >= 11 is 0. The van der Waals surface area contributed by atoms with E-state index >= 15 is 0 Å². The monoisotopic (exact) mass is 283 g/mol. The topological polar surface area (TPSA) is 75.0 Å². The van der Waals surface area contributed by atoms with Crippen molar-refractivity contribution in [2.75, 3.05) is 14.2 Å². The lowest BCUT2D eigenvalue weighted by molar-refractivity contribution is 0.366. The lowest BCUT2D eigenvalue weighted by Crippen LogP contribution is -1.97. The van der Waals surface area contributed by atoms with E-state index in [4.69, 9.17) is 9.47 Å². The Morgan fingerprint density at radius 2 is 1.76 bits per heavy atom. The molecule has 106 valence electrons. The first-order valence-electron chi connectivity index (χ1n) is 6.22. The van der Waals surface area contributed by atoms with Crippen LogP contribution in [0.1, 0.15) is 0 Å². The number of nitrogens with zero attached hydrogens (tertiary/aromatic N) is 5. The Labute approximate surface area is 121 Å². The molecule has 7 nitrogen and oxygen atoms in total. The number of ether oxygens (including phenoxy) is 2. The second-order valence-corrected chi connectivity index (χ2v) is 4.18. The summed E-state index contributed by atoms with van der Waals surface area (Å²) in [6, 6.07) is 7.49. The van der Waals surface area contributed by atoms with Crippen molar-refractivity contribution in [3.63, 3.8) is 0 Å². The molecule has 0 aliphatic rings. The molecule has 0 fully saturated rings. The number of methoxy groups -OCH3 is 2. The molecule has 3 aromatic rings. The van der Waals surface area contributed by atoms with Gasteiger partial charge in [-0.15, -0.1) is 10.2 Å². The Morgan fingerprint density at radius 3 is 2.38 bits per heavy atom. The Kier molecular flexibility index (Phi) is 3.46. The predicted molar refractivity (Wildman–Crippen MR) is 75.5 cm³/mol. The number of hydrogen-bond acceptors (Lipinski definition) is 6. The fraction of sp³-hybridized carbons (Fsp3) is 0.143. The minimum atomic E-state index is 0.494. The molecule has 0 unspecified atom stereocenters. The van der Waals surface area contributed by atoms with Crippen LogP contribution in [0.15, 0.2) is 43.1 Å². The van der Waals surface area contributed by atoms with Gasteiger partial charge in [0, 0.05) is 23.4 Å². The molecule has 7 heteroatoms. The van der Waals surface area contributed by atoms with Gasteiger partial charge in [0.25, 0.3) is 0 Å². The van der Waals surface area contributed by atoms with Crippen LogP contribution in [-0.2, 0) is 0 Å². The molecule has 3 aromatic heterocycles. The molecule has 0 saturated carbocycles. The van der Waals surface area contributed by atoms with Crippen molar-refractivity contribution in [1.82, 2.24) is 24.7 Å². The first-order chi connectivity index (χ1) is 10.3. The minimum absolute atomic E-state index is 0.494. The van der Waals surface area contributed by atoms with Crippen molar-refractivity contribution >= 4 is 0 Å². The summed E-state index contributed by atoms with van der Waals surface area (Å²) < 4.78 is 12.1. The van der Waals surface area contributed by atoms with Crippen LogP contribution >= 0.6 is 0 Å². The molecule has 21 heavy (non-hydrogen) atoms. The maximum Gasteiger partial charge on any atom is 0.224 e. The van der Waals surface area contributed by atoms with Crippen LogP contribution in [0.25, 0.3) is 16.9 Å². The van der Waals surface area contributed by atoms with Gasteiger partial charge < -0.3 is 9.47 Å². The Morgan fingerprint density at radius 1 is 0.952 bits per heavy atom. The van der Waals surface area contributed by atoms with E-state index in [0.717, 1.165) is 16.9 Å². The standard InChI is InChI=1S/C14H13N5O2/c1-20-13-6-4-11(14(18-13)21-2)10-3-5-12(15-7-10)19-8-16-17-9-19/h3-9H,1-2H3. The van der Waals surface area contributed by atoms with Gasteiger partial charge in [-0.05, 0) is 18.2 Å². The van der Waals surface area contributed by atoms with E-state index in [0.29, 0.717) is 11.8 Å². The molecule has 0 spiro atoms. The lowest BCUT2D eigenvalue weighted by atomic mass is 10.1. The molecule has 0 atom stereocenters. The zero-order chi connectivity index (χ0) is 14.7. The third-order valence-corrected chi connectivity index (χ3v) is 2.98. The van der Waals surface area contributed by atoms with E-state index in [-0.39, 0.29) is 0 Å². The van der Waals surface area contributed by atoms with Gasteiger partial charge in [-0.2, -0.15) is 4.98 Å². The highest BCUT2D eigenvalue weighted by Crippen LogP contribution is 2.29. The van der Waals surface area contributed by atoms with Gasteiger partial charge >= 0.3 is 0 Å². The van der Waals surface area contributed by atoms with Crippen LogP contribution in [0.4, 0.5) is 0 Å². The second-order valence-electron chi connectivity index (χ2n) is 4.18. The van der Waals surface area contributed by atoms with E-state index < -0.39 is 0 Å². The Balaban J connectivity index is 1.97. The fourth-order valence-corrected chi connectivity index (χ4v) is 1.93. The molecule has 0 amide bonds. The van der Waals surface area contributed by atoms with Crippen molar-refractivity contribution in [1.29, 1.82) is 0 Å². The smallest absolute Gasteiger partial charge is 0.224 e. The maximum absolute atomic E-state index is 5.30. The Bertz CT molecular complexity index is 726. The van der Waals surface area contributed by atoms with Crippen molar-refractivity contribution in [3.8, 4) is 28.7 Å². The van der Waals surface area contributed by atoms with Crippen molar-refractivity contribution in [2.45, 2.75) is 0 Å². The summed E-state index contributed by atoms with van der Waals surface area (Å²) in [5.41, 5.74) is 1.75. The lowest BCUT2D eigenvalue weighted by Gasteiger charge is -2.09. The Hall–Kier alpha value is -2.96. The highest BCUT2D eigenvalue weighted by molar-refractivity contribution is 5.68. The third-order valence-electron chi connectivity index (χ3n) is 2.98. The van der Waals surface area contributed by atoms with Crippen molar-refractivity contribution < 1.29 is 9.47 Å². The number of aromatic nitrogens is 5. The van der Waals surface area contributed by atoms with Gasteiger partial charge in [0.1, 0.15) is 18.5 Å². The molecule has 0 aromatic carbocycles. The van der Waals surface area contributed by atoms with Gasteiger partial charge in [0.05, 0.1) is 14.2 Å². The van der Waals surface area contributed by atoms with E-state index in [1.165, 1.54) is 0 Å². The second kappa shape index (κ2) is 5.58. The van der Waals surface area contributed by atoms with E-state index in [1.54, 1.807) is 43.7 Å². The van der Waals surface area contributed by atoms with Crippen LogP contribution in [0.2, 0.25) is 0 Å². The molecule has 0 saturated heterocycles. The average Bonchev–Trinajstić information content (AvgIpc) is 3.09. The first kappa shape index (κ1) is 13.0. The van der Waals surface area contributed by atoms with Gasteiger partial charge in [-0.25, -0.2) is 4.98 Å². The fourth-order valence-electron chi connectivity index (χ4n) is 1.93. The largest absolute Gasteiger partial charge is 0.481 e. The van der Waals surface area contributed by atoms with Crippen molar-refractivity contribution in [2.24, 2.45) is 0 Å². The maximum atomic E-state index is 5.30. The summed E-state index contributed by atoms with van der Waals surface area (Å²) in [5.74, 6) is 1.74. The molecule has 0 aliphatic heterocycles. The summed E-state index contributed by atoms with van der Waals surface area (Å²) in [5, 5.41) is 7.51. The highest BCUT2D eigenvalue weighted by atomic mass is 16.5. The molecular weight excluding hydrogens is 270 g/mol. The summed E-state index contributed by atoms with van der Waals surface area (Å²) in [4.78, 5) is 8.64. The molecule has 0 radical (unpaired) electrons. The molecule has 0 bridgehead atoms. The molecule has 0 N–H and O–H groups in total. The minimum Gasteiger partial charge on any atom is -0.481 e. The zero-order valence-corrected chi connectivity index (χ0v) is 11.6. The summed E-state index contributed by atoms with van der Waals surface area (Å²) in [6.45, 7) is 0. The van der Waals surface area contributed by atoms with Crippen LogP contribution < -0.4 is 9.47 Å². The van der Waals surface area contributed by atoms with E-state index in [2.05, 4.69) is 20.2 Å². The third kappa shape index (κ3) is 2.53. The molecule has 3 heterocycles. The predicted octanol–water partition coefficient (Wildman–Crippen LogP) is 1.74. The number of hydrogen-bond donors (Lipinski definition) is 0. The quantitative estimate of drug-likeness (QED) is 0.726. The zero-order valence-electron chi connectivity index (χ0n) is 11.6. The van der Waals surface area contributed by atoms with Gasteiger partial charge in [-0.3, -0.25) is 4.57 Å². The van der Waals surface area contributed by atoms with E-state index in [9.17, 15) is 0 Å². The van der Waals surface area contributed by atoms with Crippen LogP contribution in [0.3, 0.4) is 0 Å². The summed E-state index contributed by atoms with van der Waals surface area (Å²) in [7, 11) is 3.14. The van der Waals surface area contributed by atoms with Crippen LogP contribution in [0.5, 0.6) is 11.8 Å². The number of rotatable bonds is 4. The van der Waals surface area contributed by atoms with Gasteiger partial charge in [0.2, 0.25) is 11.8 Å². The van der Waals surface area contributed by atoms with Gasteiger partial charge in [-0.1, -0.05) is 0 Å². The van der Waals surface area contributed by atoms with Crippen LogP contribution in [0, 0.1) is 0 Å². The first-order valence-corrected chi connectivity index (χ1v) is 6.22. The number of pyridine rings is 2. The molecule has 0 aliphatic carbocycles. The molecule has 3 rings (SSSR count). The summed E-state index contributed by atoms with van der Waals surface area (Å²) in [6.07, 6.45) is 4.94. The van der Waals surface area contributed by atoms with Crippen molar-refractivity contribution in [3.05, 3.63) is 43.1 Å². The van der Waals surface area contributed by atoms with Crippen LogP contribution in [-0.4, -0.2) is 39.0 Å². The van der Waals surface area contributed by atoms with E-state index in [1.807, 2.05) is 18.2 Å². The highest BCUT2D eigenvalue weighted by Gasteiger charge is 2.10. The SMILES string of the molecule is COc1ccc(-c2ccc(-n3cnnc3)nc2)c(OC)n1. The average molecular weight is 283 g/mol. The normalized spacial score (nSPS) is 10.4.